The lowest BCUT2D eigenvalue weighted by Crippen LogP contribution is -2.49. The Morgan fingerprint density at radius 1 is 1.62 bits per heavy atom. The van der Waals surface area contributed by atoms with E-state index < -0.39 is 0 Å². The Hall–Kier alpha value is -0.570. The third kappa shape index (κ3) is 2.97. The number of unbranched alkanes of at least 4 members (excludes halogenated alkanes) is 1. The smallest absolute Gasteiger partial charge is 0.227 e. The molecule has 3 atom stereocenters. The summed E-state index contributed by atoms with van der Waals surface area (Å²) in [5.74, 6) is 0.154. The van der Waals surface area contributed by atoms with Crippen molar-refractivity contribution < 1.29 is 4.79 Å². The molecule has 0 aromatic carbocycles. The first-order chi connectivity index (χ1) is 7.50. The molecular formula is C13H26N2O. The van der Waals surface area contributed by atoms with Crippen molar-refractivity contribution in [2.24, 2.45) is 11.1 Å². The van der Waals surface area contributed by atoms with Crippen molar-refractivity contribution in [1.29, 1.82) is 0 Å². The van der Waals surface area contributed by atoms with Crippen molar-refractivity contribution in [3.63, 3.8) is 0 Å². The van der Waals surface area contributed by atoms with E-state index in [1.807, 2.05) is 6.92 Å². The summed E-state index contributed by atoms with van der Waals surface area (Å²) in [6.07, 6.45) is 6.40. The molecule has 0 spiro atoms. The van der Waals surface area contributed by atoms with Crippen molar-refractivity contribution in [3.8, 4) is 0 Å². The standard InChI is InChI=1S/C13H26N2O/c1-4-5-7-10(2)15-12(16)13(3)9-6-8-11(13)14/h10-11H,4-9,14H2,1-3H3,(H,15,16). The van der Waals surface area contributed by atoms with Crippen LogP contribution in [0.2, 0.25) is 0 Å². The zero-order chi connectivity index (χ0) is 12.2. The van der Waals surface area contributed by atoms with Crippen LogP contribution in [0.1, 0.15) is 59.3 Å². The second kappa shape index (κ2) is 5.67. The zero-order valence-corrected chi connectivity index (χ0v) is 10.9. The van der Waals surface area contributed by atoms with Gasteiger partial charge in [0.1, 0.15) is 0 Å². The van der Waals surface area contributed by atoms with Crippen LogP contribution in [-0.4, -0.2) is 18.0 Å². The van der Waals surface area contributed by atoms with Crippen LogP contribution in [-0.2, 0) is 4.79 Å². The van der Waals surface area contributed by atoms with E-state index in [0.717, 1.165) is 25.7 Å². The number of carbonyl (C=O) groups excluding carboxylic acids is 1. The Balaban J connectivity index is 2.45. The summed E-state index contributed by atoms with van der Waals surface area (Å²) < 4.78 is 0. The molecule has 1 aliphatic rings. The second-order valence-corrected chi connectivity index (χ2v) is 5.43. The van der Waals surface area contributed by atoms with Gasteiger partial charge in [0.05, 0.1) is 5.41 Å². The van der Waals surface area contributed by atoms with Crippen molar-refractivity contribution >= 4 is 5.91 Å². The van der Waals surface area contributed by atoms with E-state index >= 15 is 0 Å². The number of carbonyl (C=O) groups is 1. The second-order valence-electron chi connectivity index (χ2n) is 5.43. The summed E-state index contributed by atoms with van der Waals surface area (Å²) in [5, 5.41) is 3.11. The van der Waals surface area contributed by atoms with E-state index in [-0.39, 0.29) is 23.4 Å². The Bertz CT molecular complexity index is 242. The van der Waals surface area contributed by atoms with Crippen molar-refractivity contribution in [3.05, 3.63) is 0 Å². The molecule has 0 bridgehead atoms. The van der Waals surface area contributed by atoms with Gasteiger partial charge in [0.2, 0.25) is 5.91 Å². The summed E-state index contributed by atoms with van der Waals surface area (Å²) in [6.45, 7) is 6.26. The molecule has 0 aromatic heterocycles. The van der Waals surface area contributed by atoms with Gasteiger partial charge in [0.15, 0.2) is 0 Å². The van der Waals surface area contributed by atoms with E-state index in [4.69, 9.17) is 5.73 Å². The molecule has 0 heterocycles. The molecule has 0 radical (unpaired) electrons. The first-order valence-electron chi connectivity index (χ1n) is 6.57. The molecule has 1 fully saturated rings. The number of hydrogen-bond acceptors (Lipinski definition) is 2. The summed E-state index contributed by atoms with van der Waals surface area (Å²) in [7, 11) is 0. The molecule has 1 aliphatic carbocycles. The molecule has 16 heavy (non-hydrogen) atoms. The fourth-order valence-electron chi connectivity index (χ4n) is 2.45. The lowest BCUT2D eigenvalue weighted by Gasteiger charge is -2.29. The van der Waals surface area contributed by atoms with E-state index in [1.165, 1.54) is 12.8 Å². The van der Waals surface area contributed by atoms with Crippen LogP contribution in [0.25, 0.3) is 0 Å². The minimum absolute atomic E-state index is 0.0332. The zero-order valence-electron chi connectivity index (χ0n) is 10.9. The molecule has 0 aliphatic heterocycles. The lowest BCUT2D eigenvalue weighted by atomic mass is 9.84. The number of nitrogens with two attached hydrogens (primary N) is 1. The van der Waals surface area contributed by atoms with Crippen LogP contribution in [0.15, 0.2) is 0 Å². The van der Waals surface area contributed by atoms with Crippen LogP contribution in [0, 0.1) is 5.41 Å². The van der Waals surface area contributed by atoms with Gasteiger partial charge in [-0.1, -0.05) is 26.2 Å². The van der Waals surface area contributed by atoms with E-state index in [2.05, 4.69) is 19.2 Å². The van der Waals surface area contributed by atoms with Crippen molar-refractivity contribution in [2.45, 2.75) is 71.4 Å². The number of amides is 1. The molecule has 0 aromatic rings. The van der Waals surface area contributed by atoms with Gasteiger partial charge in [-0.05, 0) is 33.1 Å². The number of rotatable bonds is 5. The summed E-state index contributed by atoms with van der Waals surface area (Å²) in [4.78, 5) is 12.2. The Labute approximate surface area is 99.2 Å². The van der Waals surface area contributed by atoms with E-state index in [9.17, 15) is 4.79 Å². The van der Waals surface area contributed by atoms with Crippen molar-refractivity contribution in [2.75, 3.05) is 0 Å². The quantitative estimate of drug-likeness (QED) is 0.755. The molecule has 1 saturated carbocycles. The third-order valence-corrected chi connectivity index (χ3v) is 3.92. The molecule has 1 rings (SSSR count). The Morgan fingerprint density at radius 3 is 2.81 bits per heavy atom. The molecule has 94 valence electrons. The van der Waals surface area contributed by atoms with Gasteiger partial charge in [0, 0.05) is 12.1 Å². The van der Waals surface area contributed by atoms with Gasteiger partial charge in [-0.15, -0.1) is 0 Å². The van der Waals surface area contributed by atoms with Gasteiger partial charge in [-0.25, -0.2) is 0 Å². The summed E-state index contributed by atoms with van der Waals surface area (Å²) in [6, 6.07) is 0.308. The lowest BCUT2D eigenvalue weighted by molar-refractivity contribution is -0.131. The molecular weight excluding hydrogens is 200 g/mol. The summed E-state index contributed by atoms with van der Waals surface area (Å²) in [5.41, 5.74) is 5.70. The molecule has 3 heteroatoms. The molecule has 3 unspecified atom stereocenters. The van der Waals surface area contributed by atoms with E-state index in [0.29, 0.717) is 0 Å². The Kier molecular flexibility index (Phi) is 4.78. The van der Waals surface area contributed by atoms with Gasteiger partial charge in [0.25, 0.3) is 0 Å². The topological polar surface area (TPSA) is 55.1 Å². The monoisotopic (exact) mass is 226 g/mol. The van der Waals surface area contributed by atoms with Crippen LogP contribution >= 0.6 is 0 Å². The number of nitrogens with one attached hydrogen (secondary N) is 1. The van der Waals surface area contributed by atoms with Crippen LogP contribution in [0.3, 0.4) is 0 Å². The minimum atomic E-state index is -0.333. The predicted molar refractivity (Wildman–Crippen MR) is 67.1 cm³/mol. The highest BCUT2D eigenvalue weighted by Crippen LogP contribution is 2.36. The minimum Gasteiger partial charge on any atom is -0.353 e. The Morgan fingerprint density at radius 2 is 2.31 bits per heavy atom. The molecule has 3 N–H and O–H groups in total. The maximum Gasteiger partial charge on any atom is 0.227 e. The highest BCUT2D eigenvalue weighted by molar-refractivity contribution is 5.83. The molecule has 3 nitrogen and oxygen atoms in total. The van der Waals surface area contributed by atoms with Gasteiger partial charge in [-0.3, -0.25) is 4.79 Å². The van der Waals surface area contributed by atoms with E-state index in [1.54, 1.807) is 0 Å². The average Bonchev–Trinajstić information content (AvgIpc) is 2.57. The van der Waals surface area contributed by atoms with Gasteiger partial charge < -0.3 is 11.1 Å². The fourth-order valence-corrected chi connectivity index (χ4v) is 2.45. The summed E-state index contributed by atoms with van der Waals surface area (Å²) >= 11 is 0. The van der Waals surface area contributed by atoms with Gasteiger partial charge >= 0.3 is 0 Å². The SMILES string of the molecule is CCCCC(C)NC(=O)C1(C)CCCC1N. The maximum absolute atomic E-state index is 12.2. The maximum atomic E-state index is 12.2. The highest BCUT2D eigenvalue weighted by atomic mass is 16.2. The highest BCUT2D eigenvalue weighted by Gasteiger charge is 2.43. The van der Waals surface area contributed by atoms with Gasteiger partial charge in [-0.2, -0.15) is 0 Å². The normalized spacial score (nSPS) is 31.4. The van der Waals surface area contributed by atoms with Crippen LogP contribution in [0.4, 0.5) is 0 Å². The third-order valence-electron chi connectivity index (χ3n) is 3.92. The first kappa shape index (κ1) is 13.5. The van der Waals surface area contributed by atoms with Crippen LogP contribution < -0.4 is 11.1 Å². The molecule has 1 amide bonds. The van der Waals surface area contributed by atoms with Crippen LogP contribution in [0.5, 0.6) is 0 Å². The first-order valence-corrected chi connectivity index (χ1v) is 6.57. The fraction of sp³-hybridized carbons (Fsp3) is 0.923. The molecule has 0 saturated heterocycles. The average molecular weight is 226 g/mol. The van der Waals surface area contributed by atoms with Crippen molar-refractivity contribution in [1.82, 2.24) is 5.32 Å². The predicted octanol–water partition coefficient (Wildman–Crippen LogP) is 2.20. The number of hydrogen-bond donors (Lipinski definition) is 2. The largest absolute Gasteiger partial charge is 0.353 e.